The third-order valence-electron chi connectivity index (χ3n) is 6.83. The Balaban J connectivity index is 1.97. The molecule has 0 unspecified atom stereocenters. The molecule has 0 bridgehead atoms. The molecule has 162 valence electrons. The quantitative estimate of drug-likeness (QED) is 0.675. The third kappa shape index (κ3) is 4.81. The lowest BCUT2D eigenvalue weighted by Gasteiger charge is -2.43. The van der Waals surface area contributed by atoms with E-state index < -0.39 is 11.0 Å². The number of ether oxygens (including phenoxy) is 1. The van der Waals surface area contributed by atoms with Crippen molar-refractivity contribution in [2.24, 2.45) is 0 Å². The van der Waals surface area contributed by atoms with Crippen LogP contribution in [0.3, 0.4) is 0 Å². The second-order valence-electron chi connectivity index (χ2n) is 10.2. The number of halogens is 1. The van der Waals surface area contributed by atoms with Crippen LogP contribution in [0.25, 0.3) is 0 Å². The second-order valence-corrected chi connectivity index (χ2v) is 10.6. The Morgan fingerprint density at radius 3 is 2.38 bits per heavy atom. The number of nitrogens with zero attached hydrogens (tertiary/aromatic N) is 1. The SMILES string of the molecule is CN(Cc1cccc(Cl)c1C1(C(=O)OC(C)(C)C)CCCC1)C1(C)CCNCC1. The molecule has 1 saturated carbocycles. The van der Waals surface area contributed by atoms with E-state index in [2.05, 4.69) is 30.3 Å². The van der Waals surface area contributed by atoms with Crippen LogP contribution in [0.4, 0.5) is 0 Å². The first-order valence-electron chi connectivity index (χ1n) is 11.0. The average Bonchev–Trinajstić information content (AvgIpc) is 3.12. The summed E-state index contributed by atoms with van der Waals surface area (Å²) in [5.41, 5.74) is 1.18. The first kappa shape index (κ1) is 22.6. The maximum Gasteiger partial charge on any atom is 0.317 e. The Hall–Kier alpha value is -1.10. The van der Waals surface area contributed by atoms with Crippen LogP contribution in [0, 0.1) is 0 Å². The Labute approximate surface area is 181 Å². The normalized spacial score (nSPS) is 21.3. The molecule has 2 aliphatic rings. The van der Waals surface area contributed by atoms with Crippen molar-refractivity contribution in [3.8, 4) is 0 Å². The average molecular weight is 421 g/mol. The number of piperidine rings is 1. The molecule has 1 N–H and O–H groups in total. The molecule has 1 heterocycles. The van der Waals surface area contributed by atoms with Gasteiger partial charge >= 0.3 is 5.97 Å². The van der Waals surface area contributed by atoms with Gasteiger partial charge in [-0.3, -0.25) is 9.69 Å². The van der Waals surface area contributed by atoms with Crippen molar-refractivity contribution in [3.63, 3.8) is 0 Å². The minimum Gasteiger partial charge on any atom is -0.459 e. The van der Waals surface area contributed by atoms with Gasteiger partial charge in [-0.05, 0) is 90.7 Å². The van der Waals surface area contributed by atoms with Crippen molar-refractivity contribution in [3.05, 3.63) is 34.3 Å². The fourth-order valence-electron chi connectivity index (χ4n) is 4.94. The van der Waals surface area contributed by atoms with Gasteiger partial charge < -0.3 is 10.1 Å². The molecule has 29 heavy (non-hydrogen) atoms. The number of carbonyl (C=O) groups is 1. The summed E-state index contributed by atoms with van der Waals surface area (Å²) in [6.07, 6.45) is 5.92. The predicted molar refractivity (Wildman–Crippen MR) is 119 cm³/mol. The van der Waals surface area contributed by atoms with Crippen LogP contribution in [0.15, 0.2) is 18.2 Å². The smallest absolute Gasteiger partial charge is 0.317 e. The summed E-state index contributed by atoms with van der Waals surface area (Å²) in [6, 6.07) is 6.08. The van der Waals surface area contributed by atoms with Gasteiger partial charge in [0.1, 0.15) is 5.60 Å². The number of benzene rings is 1. The van der Waals surface area contributed by atoms with E-state index in [1.807, 2.05) is 32.9 Å². The number of esters is 1. The molecular weight excluding hydrogens is 384 g/mol. The molecule has 1 saturated heterocycles. The Kier molecular flexibility index (Phi) is 6.67. The number of hydrogen-bond donors (Lipinski definition) is 1. The van der Waals surface area contributed by atoms with Gasteiger partial charge in [0, 0.05) is 17.1 Å². The number of carbonyl (C=O) groups excluding carboxylic acids is 1. The summed E-state index contributed by atoms with van der Waals surface area (Å²) in [5, 5.41) is 4.15. The molecule has 1 aromatic rings. The van der Waals surface area contributed by atoms with Gasteiger partial charge in [0.05, 0.1) is 5.41 Å². The summed E-state index contributed by atoms with van der Waals surface area (Å²) in [5.74, 6) is -0.118. The molecule has 0 spiro atoms. The highest BCUT2D eigenvalue weighted by atomic mass is 35.5. The monoisotopic (exact) mass is 420 g/mol. The zero-order valence-electron chi connectivity index (χ0n) is 18.7. The summed E-state index contributed by atoms with van der Waals surface area (Å²) >= 11 is 6.78. The zero-order valence-corrected chi connectivity index (χ0v) is 19.5. The molecule has 0 atom stereocenters. The minimum atomic E-state index is -0.628. The number of rotatable bonds is 5. The summed E-state index contributed by atoms with van der Waals surface area (Å²) in [6.45, 7) is 11.0. The number of hydrogen-bond acceptors (Lipinski definition) is 4. The molecule has 1 aliphatic carbocycles. The van der Waals surface area contributed by atoms with E-state index in [0.29, 0.717) is 5.02 Å². The standard InChI is InChI=1S/C24H37ClN2O2/c1-22(2,3)29-21(28)24(11-6-7-12-24)20-18(9-8-10-19(20)25)17-27(5)23(4)13-15-26-16-14-23/h8-10,26H,6-7,11-17H2,1-5H3. The largest absolute Gasteiger partial charge is 0.459 e. The van der Waals surface area contributed by atoms with E-state index in [0.717, 1.165) is 69.3 Å². The van der Waals surface area contributed by atoms with Gasteiger partial charge in [-0.25, -0.2) is 0 Å². The van der Waals surface area contributed by atoms with Gasteiger partial charge in [0.15, 0.2) is 0 Å². The van der Waals surface area contributed by atoms with Crippen molar-refractivity contribution in [2.75, 3.05) is 20.1 Å². The predicted octanol–water partition coefficient (Wildman–Crippen LogP) is 5.07. The molecule has 1 aromatic carbocycles. The second kappa shape index (κ2) is 8.56. The molecular formula is C24H37ClN2O2. The highest BCUT2D eigenvalue weighted by Gasteiger charge is 2.48. The van der Waals surface area contributed by atoms with Crippen LogP contribution in [0.2, 0.25) is 5.02 Å². The van der Waals surface area contributed by atoms with Gasteiger partial charge in [-0.15, -0.1) is 0 Å². The van der Waals surface area contributed by atoms with Crippen LogP contribution in [-0.4, -0.2) is 42.1 Å². The molecule has 5 heteroatoms. The molecule has 3 rings (SSSR count). The lowest BCUT2D eigenvalue weighted by atomic mass is 9.76. The molecule has 0 aromatic heterocycles. The fourth-order valence-corrected chi connectivity index (χ4v) is 5.32. The van der Waals surface area contributed by atoms with Crippen LogP contribution in [0.5, 0.6) is 0 Å². The summed E-state index contributed by atoms with van der Waals surface area (Å²) < 4.78 is 5.91. The van der Waals surface area contributed by atoms with Crippen molar-refractivity contribution in [1.82, 2.24) is 10.2 Å². The highest BCUT2D eigenvalue weighted by Crippen LogP contribution is 2.47. The van der Waals surface area contributed by atoms with E-state index in [1.165, 1.54) is 0 Å². The number of nitrogens with one attached hydrogen (secondary N) is 1. The lowest BCUT2D eigenvalue weighted by Crippen LogP contribution is -2.50. The summed E-state index contributed by atoms with van der Waals surface area (Å²) in [4.78, 5) is 15.9. The van der Waals surface area contributed by atoms with E-state index in [9.17, 15) is 4.79 Å². The van der Waals surface area contributed by atoms with Crippen molar-refractivity contribution < 1.29 is 9.53 Å². The Morgan fingerprint density at radius 2 is 1.79 bits per heavy atom. The van der Waals surface area contributed by atoms with Gasteiger partial charge in [-0.2, -0.15) is 0 Å². The lowest BCUT2D eigenvalue weighted by molar-refractivity contribution is -0.162. The maximum atomic E-state index is 13.4. The minimum absolute atomic E-state index is 0.118. The first-order chi connectivity index (χ1) is 13.6. The molecule has 1 aliphatic heterocycles. The van der Waals surface area contributed by atoms with E-state index in [1.54, 1.807) is 0 Å². The Bertz CT molecular complexity index is 729. The molecule has 2 fully saturated rings. The van der Waals surface area contributed by atoms with Gasteiger partial charge in [0.2, 0.25) is 0 Å². The van der Waals surface area contributed by atoms with Crippen LogP contribution in [0.1, 0.15) is 77.3 Å². The zero-order chi connectivity index (χ0) is 21.3. The van der Waals surface area contributed by atoms with Crippen molar-refractivity contribution in [1.29, 1.82) is 0 Å². The van der Waals surface area contributed by atoms with E-state index in [4.69, 9.17) is 16.3 Å². The fraction of sp³-hybridized carbons (Fsp3) is 0.708. The molecule has 0 radical (unpaired) electrons. The summed E-state index contributed by atoms with van der Waals surface area (Å²) in [7, 11) is 2.20. The third-order valence-corrected chi connectivity index (χ3v) is 7.15. The highest BCUT2D eigenvalue weighted by molar-refractivity contribution is 6.32. The van der Waals surface area contributed by atoms with E-state index >= 15 is 0 Å². The van der Waals surface area contributed by atoms with Gasteiger partial charge in [-0.1, -0.05) is 36.6 Å². The van der Waals surface area contributed by atoms with Crippen molar-refractivity contribution >= 4 is 17.6 Å². The topological polar surface area (TPSA) is 41.6 Å². The van der Waals surface area contributed by atoms with E-state index in [-0.39, 0.29) is 11.5 Å². The molecule has 0 amide bonds. The van der Waals surface area contributed by atoms with Crippen LogP contribution < -0.4 is 5.32 Å². The first-order valence-corrected chi connectivity index (χ1v) is 11.4. The van der Waals surface area contributed by atoms with Crippen molar-refractivity contribution in [2.45, 2.75) is 89.3 Å². The Morgan fingerprint density at radius 1 is 1.17 bits per heavy atom. The molecule has 4 nitrogen and oxygen atoms in total. The van der Waals surface area contributed by atoms with Gasteiger partial charge in [0.25, 0.3) is 0 Å². The maximum absolute atomic E-state index is 13.4. The van der Waals surface area contributed by atoms with Crippen LogP contribution >= 0.6 is 11.6 Å². The van der Waals surface area contributed by atoms with Crippen LogP contribution in [-0.2, 0) is 21.5 Å².